The lowest BCUT2D eigenvalue weighted by molar-refractivity contribution is -0.147. The summed E-state index contributed by atoms with van der Waals surface area (Å²) < 4.78 is 12.0. The minimum absolute atomic E-state index is 0.0136. The summed E-state index contributed by atoms with van der Waals surface area (Å²) in [5.74, 6) is 1.42. The first-order valence-electron chi connectivity index (χ1n) is 10.0. The third-order valence-corrected chi connectivity index (χ3v) is 5.40. The number of ether oxygens (including phenoxy) is 2. The molecule has 146 valence electrons. The fourth-order valence-electron chi connectivity index (χ4n) is 3.92. The Morgan fingerprint density at radius 3 is 2.50 bits per heavy atom. The number of carbonyl (C=O) groups excluding carboxylic acids is 1. The van der Waals surface area contributed by atoms with Gasteiger partial charge in [-0.3, -0.25) is 4.79 Å². The van der Waals surface area contributed by atoms with Gasteiger partial charge in [0.25, 0.3) is 5.91 Å². The van der Waals surface area contributed by atoms with Crippen molar-refractivity contribution < 1.29 is 14.3 Å². The topological polar surface area (TPSA) is 47.6 Å². The standard InChI is InChI=1S/C22H35NO3/c1-7-18(6)26-20-16(4)12-19(13-17(20)5)23-21(24)22(25-8-2)11-9-10-15(3)14-22/h12-13,15,18H,7-11,14H2,1-6H3,(H,23,24)/t15-,18+,22+/m1/s1. The molecule has 1 aliphatic carbocycles. The highest BCUT2D eigenvalue weighted by Gasteiger charge is 2.42. The molecule has 0 aromatic heterocycles. The lowest BCUT2D eigenvalue weighted by Crippen LogP contribution is -2.48. The number of benzene rings is 1. The molecular formula is C22H35NO3. The molecule has 0 unspecified atom stereocenters. The Hall–Kier alpha value is -1.55. The zero-order valence-corrected chi connectivity index (χ0v) is 17.3. The van der Waals surface area contributed by atoms with Gasteiger partial charge in [-0.15, -0.1) is 0 Å². The van der Waals surface area contributed by atoms with Gasteiger partial charge in [-0.05, 0) is 82.6 Å². The summed E-state index contributed by atoms with van der Waals surface area (Å²) in [6, 6.07) is 3.99. The number of rotatable bonds is 7. The van der Waals surface area contributed by atoms with Crippen LogP contribution in [0, 0.1) is 19.8 Å². The van der Waals surface area contributed by atoms with Crippen molar-refractivity contribution in [3.8, 4) is 5.75 Å². The molecule has 4 heteroatoms. The molecular weight excluding hydrogens is 326 g/mol. The van der Waals surface area contributed by atoms with Crippen molar-refractivity contribution >= 4 is 11.6 Å². The van der Waals surface area contributed by atoms with Crippen molar-refractivity contribution in [1.29, 1.82) is 0 Å². The van der Waals surface area contributed by atoms with Crippen molar-refractivity contribution in [2.45, 2.75) is 85.4 Å². The first-order chi connectivity index (χ1) is 12.3. The fourth-order valence-corrected chi connectivity index (χ4v) is 3.92. The van der Waals surface area contributed by atoms with Crippen LogP contribution in [0.2, 0.25) is 0 Å². The van der Waals surface area contributed by atoms with E-state index >= 15 is 0 Å². The van der Waals surface area contributed by atoms with Gasteiger partial charge >= 0.3 is 0 Å². The van der Waals surface area contributed by atoms with E-state index in [4.69, 9.17) is 9.47 Å². The van der Waals surface area contributed by atoms with Crippen LogP contribution in [0.25, 0.3) is 0 Å². The molecule has 2 rings (SSSR count). The number of hydrogen-bond donors (Lipinski definition) is 1. The minimum atomic E-state index is -0.694. The van der Waals surface area contributed by atoms with Gasteiger partial charge in [-0.1, -0.05) is 20.3 Å². The summed E-state index contributed by atoms with van der Waals surface area (Å²) in [7, 11) is 0. The Kier molecular flexibility index (Phi) is 7.10. The van der Waals surface area contributed by atoms with Crippen molar-refractivity contribution in [1.82, 2.24) is 0 Å². The zero-order valence-electron chi connectivity index (χ0n) is 17.3. The van der Waals surface area contributed by atoms with Crippen LogP contribution in [0.4, 0.5) is 5.69 Å². The van der Waals surface area contributed by atoms with E-state index in [-0.39, 0.29) is 12.0 Å². The van der Waals surface area contributed by atoms with Gasteiger partial charge in [0.05, 0.1) is 6.10 Å². The van der Waals surface area contributed by atoms with E-state index in [2.05, 4.69) is 26.1 Å². The molecule has 26 heavy (non-hydrogen) atoms. The van der Waals surface area contributed by atoms with Gasteiger partial charge in [0.2, 0.25) is 0 Å². The van der Waals surface area contributed by atoms with E-state index in [1.165, 1.54) is 6.42 Å². The molecule has 0 aliphatic heterocycles. The molecule has 1 fully saturated rings. The summed E-state index contributed by atoms with van der Waals surface area (Å²) in [4.78, 5) is 13.1. The molecule has 0 heterocycles. The summed E-state index contributed by atoms with van der Waals surface area (Å²) in [6.45, 7) is 13.0. The van der Waals surface area contributed by atoms with Gasteiger partial charge in [0.1, 0.15) is 11.4 Å². The molecule has 4 nitrogen and oxygen atoms in total. The largest absolute Gasteiger partial charge is 0.490 e. The summed E-state index contributed by atoms with van der Waals surface area (Å²) >= 11 is 0. The molecule has 1 aliphatic rings. The molecule has 0 spiro atoms. The van der Waals surface area contributed by atoms with Crippen LogP contribution in [0.1, 0.15) is 70.9 Å². The molecule has 0 bridgehead atoms. The Labute approximate surface area is 158 Å². The second-order valence-corrected chi connectivity index (χ2v) is 7.86. The first-order valence-corrected chi connectivity index (χ1v) is 10.0. The normalized spacial score (nSPS) is 24.2. The molecule has 1 saturated carbocycles. The average Bonchev–Trinajstić information content (AvgIpc) is 2.58. The molecule has 1 N–H and O–H groups in total. The summed E-state index contributed by atoms with van der Waals surface area (Å²) in [5, 5.41) is 3.11. The fraction of sp³-hybridized carbons (Fsp3) is 0.682. The quantitative estimate of drug-likeness (QED) is 0.707. The van der Waals surface area contributed by atoms with E-state index < -0.39 is 5.60 Å². The average molecular weight is 362 g/mol. The minimum Gasteiger partial charge on any atom is -0.490 e. The number of nitrogens with one attached hydrogen (secondary N) is 1. The Bertz CT molecular complexity index is 601. The van der Waals surface area contributed by atoms with Crippen molar-refractivity contribution in [2.75, 3.05) is 11.9 Å². The molecule has 1 amide bonds. The Balaban J connectivity index is 2.19. The summed E-state index contributed by atoms with van der Waals surface area (Å²) in [6.07, 6.45) is 4.94. The van der Waals surface area contributed by atoms with Crippen LogP contribution in [0.15, 0.2) is 12.1 Å². The predicted octanol–water partition coefficient (Wildman–Crippen LogP) is 5.40. The highest BCUT2D eigenvalue weighted by atomic mass is 16.5. The molecule has 3 atom stereocenters. The van der Waals surface area contributed by atoms with Gasteiger partial charge in [0.15, 0.2) is 0 Å². The zero-order chi connectivity index (χ0) is 19.3. The maximum absolute atomic E-state index is 13.1. The van der Waals surface area contributed by atoms with Crippen LogP contribution in [0.3, 0.4) is 0 Å². The van der Waals surface area contributed by atoms with E-state index in [1.807, 2.05) is 32.9 Å². The second-order valence-electron chi connectivity index (χ2n) is 7.86. The second kappa shape index (κ2) is 8.90. The molecule has 0 saturated heterocycles. The number of aryl methyl sites for hydroxylation is 2. The SMILES string of the molecule is CCO[C@@]1(C(=O)Nc2cc(C)c(O[C@@H](C)CC)c(C)c2)CCC[C@@H](C)C1. The Morgan fingerprint density at radius 2 is 1.96 bits per heavy atom. The van der Waals surface area contributed by atoms with Crippen LogP contribution in [0.5, 0.6) is 5.75 Å². The van der Waals surface area contributed by atoms with Crippen LogP contribution in [-0.2, 0) is 9.53 Å². The lowest BCUT2D eigenvalue weighted by atomic mass is 9.78. The number of hydrogen-bond acceptors (Lipinski definition) is 3. The van der Waals surface area contributed by atoms with Gasteiger partial charge < -0.3 is 14.8 Å². The maximum atomic E-state index is 13.1. The highest BCUT2D eigenvalue weighted by molar-refractivity contribution is 5.97. The smallest absolute Gasteiger partial charge is 0.256 e. The number of amides is 1. The number of anilines is 1. The van der Waals surface area contributed by atoms with Crippen molar-refractivity contribution in [2.24, 2.45) is 5.92 Å². The molecule has 1 aromatic rings. The Morgan fingerprint density at radius 1 is 1.31 bits per heavy atom. The van der Waals surface area contributed by atoms with Crippen molar-refractivity contribution in [3.63, 3.8) is 0 Å². The van der Waals surface area contributed by atoms with Crippen LogP contribution in [-0.4, -0.2) is 24.2 Å². The highest BCUT2D eigenvalue weighted by Crippen LogP contribution is 2.37. The predicted molar refractivity (Wildman–Crippen MR) is 107 cm³/mol. The first kappa shape index (κ1) is 20.8. The van der Waals surface area contributed by atoms with Crippen LogP contribution < -0.4 is 10.1 Å². The monoisotopic (exact) mass is 361 g/mol. The molecule has 1 aromatic carbocycles. The molecule has 0 radical (unpaired) electrons. The van der Waals surface area contributed by atoms with Crippen molar-refractivity contribution in [3.05, 3.63) is 23.3 Å². The maximum Gasteiger partial charge on any atom is 0.256 e. The van der Waals surface area contributed by atoms with Crippen LogP contribution >= 0.6 is 0 Å². The third kappa shape index (κ3) is 4.79. The van der Waals surface area contributed by atoms with E-state index in [0.29, 0.717) is 12.5 Å². The summed E-state index contributed by atoms with van der Waals surface area (Å²) in [5.41, 5.74) is 2.21. The number of carbonyl (C=O) groups is 1. The lowest BCUT2D eigenvalue weighted by Gasteiger charge is -2.38. The van der Waals surface area contributed by atoms with Gasteiger partial charge in [-0.25, -0.2) is 0 Å². The third-order valence-electron chi connectivity index (χ3n) is 5.40. The van der Waals surface area contributed by atoms with Gasteiger partial charge in [0, 0.05) is 12.3 Å². The van der Waals surface area contributed by atoms with E-state index in [0.717, 1.165) is 48.2 Å². The van der Waals surface area contributed by atoms with E-state index in [1.54, 1.807) is 0 Å². The van der Waals surface area contributed by atoms with E-state index in [9.17, 15) is 4.79 Å². The van der Waals surface area contributed by atoms with Gasteiger partial charge in [-0.2, -0.15) is 0 Å².